The van der Waals surface area contributed by atoms with E-state index in [4.69, 9.17) is 4.74 Å². The quantitative estimate of drug-likeness (QED) is 0.808. The molecule has 138 valence electrons. The normalized spacial score (nSPS) is 14.2. The van der Waals surface area contributed by atoms with Gasteiger partial charge in [0.2, 0.25) is 0 Å². The van der Waals surface area contributed by atoms with Gasteiger partial charge in [-0.25, -0.2) is 9.97 Å². The number of nitrogens with zero attached hydrogens (tertiary/aromatic N) is 3. The zero-order chi connectivity index (χ0) is 18.4. The summed E-state index contributed by atoms with van der Waals surface area (Å²) >= 11 is 0. The largest absolute Gasteiger partial charge is 0.492 e. The van der Waals surface area contributed by atoms with Crippen molar-refractivity contribution >= 4 is 11.7 Å². The van der Waals surface area contributed by atoms with E-state index in [1.807, 2.05) is 26.0 Å². The van der Waals surface area contributed by atoms with E-state index in [1.165, 1.54) is 25.6 Å². The number of ether oxygens (including phenoxy) is 1. The molecule has 0 radical (unpaired) electrons. The summed E-state index contributed by atoms with van der Waals surface area (Å²) in [5.41, 5.74) is 2.72. The number of nitrogens with one attached hydrogen (secondary N) is 1. The van der Waals surface area contributed by atoms with Crippen molar-refractivity contribution in [2.45, 2.75) is 33.1 Å². The Bertz CT molecular complexity index is 737. The summed E-state index contributed by atoms with van der Waals surface area (Å²) in [7, 11) is 0. The number of aryl methyl sites for hydroxylation is 2. The highest BCUT2D eigenvalue weighted by Gasteiger charge is 2.15. The van der Waals surface area contributed by atoms with E-state index < -0.39 is 0 Å². The van der Waals surface area contributed by atoms with Crippen molar-refractivity contribution in [1.82, 2.24) is 15.3 Å². The van der Waals surface area contributed by atoms with Crippen molar-refractivity contribution in [1.29, 1.82) is 0 Å². The maximum absolute atomic E-state index is 12.3. The summed E-state index contributed by atoms with van der Waals surface area (Å²) < 4.78 is 5.72. The van der Waals surface area contributed by atoms with E-state index in [0.717, 1.165) is 35.8 Å². The van der Waals surface area contributed by atoms with Gasteiger partial charge in [-0.15, -0.1) is 0 Å². The van der Waals surface area contributed by atoms with Gasteiger partial charge in [-0.05, 0) is 56.4 Å². The molecule has 1 aromatic carbocycles. The fourth-order valence-electron chi connectivity index (χ4n) is 3.21. The third kappa shape index (κ3) is 4.94. The SMILES string of the molecule is Cc1cc(C)cc(OCCNC(=O)c2cc(N3CCCCC3)ncn2)c1. The van der Waals surface area contributed by atoms with E-state index in [0.29, 0.717) is 18.8 Å². The molecule has 0 aliphatic carbocycles. The van der Waals surface area contributed by atoms with Crippen molar-refractivity contribution in [3.63, 3.8) is 0 Å². The molecule has 2 aromatic rings. The Labute approximate surface area is 154 Å². The Morgan fingerprint density at radius 1 is 1.08 bits per heavy atom. The molecule has 6 heteroatoms. The highest BCUT2D eigenvalue weighted by atomic mass is 16.5. The van der Waals surface area contributed by atoms with Gasteiger partial charge >= 0.3 is 0 Å². The first-order valence-corrected chi connectivity index (χ1v) is 9.18. The fourth-order valence-corrected chi connectivity index (χ4v) is 3.21. The van der Waals surface area contributed by atoms with Crippen LogP contribution >= 0.6 is 0 Å². The van der Waals surface area contributed by atoms with Crippen LogP contribution < -0.4 is 15.0 Å². The third-order valence-corrected chi connectivity index (χ3v) is 4.42. The molecular weight excluding hydrogens is 328 g/mol. The van der Waals surface area contributed by atoms with Gasteiger partial charge in [-0.2, -0.15) is 0 Å². The number of aromatic nitrogens is 2. The number of carbonyl (C=O) groups excluding carboxylic acids is 1. The first kappa shape index (κ1) is 18.2. The van der Waals surface area contributed by atoms with Crippen molar-refractivity contribution < 1.29 is 9.53 Å². The van der Waals surface area contributed by atoms with Crippen LogP contribution in [0.25, 0.3) is 0 Å². The lowest BCUT2D eigenvalue weighted by atomic mass is 10.1. The van der Waals surface area contributed by atoms with Crippen LogP contribution in [-0.4, -0.2) is 42.1 Å². The topological polar surface area (TPSA) is 67.3 Å². The van der Waals surface area contributed by atoms with Gasteiger partial charge in [0.15, 0.2) is 0 Å². The van der Waals surface area contributed by atoms with E-state index >= 15 is 0 Å². The predicted molar refractivity (Wildman–Crippen MR) is 102 cm³/mol. The van der Waals surface area contributed by atoms with E-state index in [2.05, 4.69) is 26.3 Å². The smallest absolute Gasteiger partial charge is 0.270 e. The summed E-state index contributed by atoms with van der Waals surface area (Å²) in [5.74, 6) is 1.46. The van der Waals surface area contributed by atoms with Gasteiger partial charge in [0.25, 0.3) is 5.91 Å². The molecule has 6 nitrogen and oxygen atoms in total. The average molecular weight is 354 g/mol. The Morgan fingerprint density at radius 3 is 2.54 bits per heavy atom. The van der Waals surface area contributed by atoms with Gasteiger partial charge in [0.05, 0.1) is 6.54 Å². The minimum absolute atomic E-state index is 0.199. The van der Waals surface area contributed by atoms with Crippen LogP contribution in [0.5, 0.6) is 5.75 Å². The highest BCUT2D eigenvalue weighted by Crippen LogP contribution is 2.18. The lowest BCUT2D eigenvalue weighted by Gasteiger charge is -2.27. The number of carbonyl (C=O) groups is 1. The standard InChI is InChI=1S/C20H26N4O2/c1-15-10-16(2)12-17(11-15)26-9-6-21-20(25)18-13-19(23-14-22-18)24-7-4-3-5-8-24/h10-14H,3-9H2,1-2H3,(H,21,25). The second kappa shape index (κ2) is 8.65. The molecule has 3 rings (SSSR count). The minimum atomic E-state index is -0.199. The lowest BCUT2D eigenvalue weighted by molar-refractivity contribution is 0.0942. The van der Waals surface area contributed by atoms with E-state index in [9.17, 15) is 4.79 Å². The number of amides is 1. The Morgan fingerprint density at radius 2 is 1.81 bits per heavy atom. The van der Waals surface area contributed by atoms with Crippen molar-refractivity contribution in [2.24, 2.45) is 0 Å². The van der Waals surface area contributed by atoms with Gasteiger partial charge in [-0.1, -0.05) is 6.07 Å². The molecule has 0 saturated carbocycles. The van der Waals surface area contributed by atoms with Crippen LogP contribution in [0.3, 0.4) is 0 Å². The number of rotatable bonds is 6. The maximum Gasteiger partial charge on any atom is 0.270 e. The molecule has 0 spiro atoms. The van der Waals surface area contributed by atoms with E-state index in [-0.39, 0.29) is 5.91 Å². The van der Waals surface area contributed by atoms with Crippen LogP contribution in [0, 0.1) is 13.8 Å². The average Bonchev–Trinajstić information content (AvgIpc) is 2.65. The van der Waals surface area contributed by atoms with Gasteiger partial charge in [0, 0.05) is 19.2 Å². The van der Waals surface area contributed by atoms with Crippen LogP contribution in [-0.2, 0) is 0 Å². The van der Waals surface area contributed by atoms with Gasteiger partial charge in [-0.3, -0.25) is 4.79 Å². The summed E-state index contributed by atoms with van der Waals surface area (Å²) in [6, 6.07) is 7.85. The summed E-state index contributed by atoms with van der Waals surface area (Å²) in [6.45, 7) is 6.89. The Hall–Kier alpha value is -2.63. The molecule has 1 N–H and O–H groups in total. The molecule has 26 heavy (non-hydrogen) atoms. The zero-order valence-electron chi connectivity index (χ0n) is 15.5. The molecule has 1 amide bonds. The van der Waals surface area contributed by atoms with Crippen LogP contribution in [0.1, 0.15) is 40.9 Å². The summed E-state index contributed by atoms with van der Waals surface area (Å²) in [6.07, 6.45) is 5.06. The second-order valence-electron chi connectivity index (χ2n) is 6.74. The number of benzene rings is 1. The first-order valence-electron chi connectivity index (χ1n) is 9.18. The minimum Gasteiger partial charge on any atom is -0.492 e. The number of hydrogen-bond acceptors (Lipinski definition) is 5. The zero-order valence-corrected chi connectivity index (χ0v) is 15.5. The van der Waals surface area contributed by atoms with Crippen molar-refractivity contribution in [3.05, 3.63) is 47.4 Å². The number of piperidine rings is 1. The molecular formula is C20H26N4O2. The number of anilines is 1. The predicted octanol–water partition coefficient (Wildman–Crippen LogP) is 2.89. The van der Waals surface area contributed by atoms with Crippen LogP contribution in [0.2, 0.25) is 0 Å². The molecule has 0 unspecified atom stereocenters. The van der Waals surface area contributed by atoms with Crippen molar-refractivity contribution in [2.75, 3.05) is 31.1 Å². The Kier molecular flexibility index (Phi) is 6.04. The molecule has 1 aromatic heterocycles. The monoisotopic (exact) mass is 354 g/mol. The number of hydrogen-bond donors (Lipinski definition) is 1. The molecule has 1 fully saturated rings. The van der Waals surface area contributed by atoms with Gasteiger partial charge < -0.3 is 15.0 Å². The maximum atomic E-state index is 12.3. The molecule has 0 atom stereocenters. The van der Waals surface area contributed by atoms with Crippen LogP contribution in [0.15, 0.2) is 30.6 Å². The molecule has 1 aliphatic heterocycles. The lowest BCUT2D eigenvalue weighted by Crippen LogP contribution is -2.32. The van der Waals surface area contributed by atoms with E-state index in [1.54, 1.807) is 6.07 Å². The summed E-state index contributed by atoms with van der Waals surface area (Å²) in [5, 5.41) is 2.86. The van der Waals surface area contributed by atoms with Gasteiger partial charge in [0.1, 0.15) is 30.2 Å². The Balaban J connectivity index is 1.50. The molecule has 1 aliphatic rings. The molecule has 0 bridgehead atoms. The van der Waals surface area contributed by atoms with Crippen LogP contribution in [0.4, 0.5) is 5.82 Å². The summed E-state index contributed by atoms with van der Waals surface area (Å²) in [4.78, 5) is 22.9. The van der Waals surface area contributed by atoms with Crippen molar-refractivity contribution in [3.8, 4) is 5.75 Å². The third-order valence-electron chi connectivity index (χ3n) is 4.42. The second-order valence-corrected chi connectivity index (χ2v) is 6.74. The highest BCUT2D eigenvalue weighted by molar-refractivity contribution is 5.92. The first-order chi connectivity index (χ1) is 12.6. The fraction of sp³-hybridized carbons (Fsp3) is 0.450. The molecule has 2 heterocycles. The molecule has 1 saturated heterocycles.